The average Bonchev–Trinajstić information content (AvgIpc) is 2.19. The van der Waals surface area contributed by atoms with Gasteiger partial charge in [0.15, 0.2) is 0 Å². The molecule has 4 nitrogen and oxygen atoms in total. The van der Waals surface area contributed by atoms with Gasteiger partial charge in [-0.3, -0.25) is 4.79 Å². The molecule has 1 aromatic carbocycles. The lowest BCUT2D eigenvalue weighted by atomic mass is 10.2. The highest BCUT2D eigenvalue weighted by molar-refractivity contribution is 5.38. The molecule has 4 heteroatoms. The van der Waals surface area contributed by atoms with Crippen molar-refractivity contribution < 1.29 is 9.90 Å². The molecule has 0 aliphatic rings. The summed E-state index contributed by atoms with van der Waals surface area (Å²) in [5, 5.41) is 23.7. The summed E-state index contributed by atoms with van der Waals surface area (Å²) >= 11 is 0. The van der Waals surface area contributed by atoms with Gasteiger partial charge < -0.3 is 5.11 Å². The first kappa shape index (κ1) is 10.7. The van der Waals surface area contributed by atoms with Crippen LogP contribution >= 0.6 is 0 Å². The molecule has 0 aromatic heterocycles. The van der Waals surface area contributed by atoms with Gasteiger partial charge in [0.1, 0.15) is 0 Å². The maximum atomic E-state index is 8.40. The largest absolute Gasteiger partial charge is 0.483 e. The molecule has 1 N–H and O–H groups in total. The first-order valence-corrected chi connectivity index (χ1v) is 3.26. The number of nitrogens with zero attached hydrogens (tertiary/aromatic N) is 2. The van der Waals surface area contributed by atoms with E-state index >= 15 is 0 Å². The number of rotatable bonds is 0. The van der Waals surface area contributed by atoms with E-state index in [9.17, 15) is 0 Å². The van der Waals surface area contributed by atoms with Crippen LogP contribution in [0.4, 0.5) is 0 Å². The van der Waals surface area contributed by atoms with E-state index in [0.717, 1.165) is 0 Å². The predicted molar refractivity (Wildman–Crippen MR) is 44.6 cm³/mol. The van der Waals surface area contributed by atoms with Gasteiger partial charge in [0, 0.05) is 0 Å². The molecule has 0 saturated heterocycles. The Morgan fingerprint density at radius 1 is 1.23 bits per heavy atom. The number of benzene rings is 1. The molecule has 0 radical (unpaired) electrons. The van der Waals surface area contributed by atoms with Crippen LogP contribution in [0.15, 0.2) is 24.3 Å². The first-order valence-electron chi connectivity index (χ1n) is 3.26. The Labute approximate surface area is 75.3 Å². The third-order valence-electron chi connectivity index (χ3n) is 1.12. The van der Waals surface area contributed by atoms with Gasteiger partial charge in [-0.25, -0.2) is 0 Å². The van der Waals surface area contributed by atoms with Crippen LogP contribution in [0.2, 0.25) is 0 Å². The topological polar surface area (TPSA) is 84.9 Å². The monoisotopic (exact) mass is 174 g/mol. The Morgan fingerprint density at radius 3 is 1.92 bits per heavy atom. The third kappa shape index (κ3) is 4.18. The van der Waals surface area contributed by atoms with Gasteiger partial charge in [-0.1, -0.05) is 6.07 Å². The predicted octanol–water partition coefficient (Wildman–Crippen LogP) is 1.13. The summed E-state index contributed by atoms with van der Waals surface area (Å²) in [6, 6.07) is 10.5. The van der Waals surface area contributed by atoms with E-state index in [4.69, 9.17) is 20.4 Å². The Morgan fingerprint density at radius 2 is 1.62 bits per heavy atom. The van der Waals surface area contributed by atoms with Crippen molar-refractivity contribution in [3.8, 4) is 12.1 Å². The quantitative estimate of drug-likeness (QED) is 0.597. The molecule has 64 valence electrons. The van der Waals surface area contributed by atoms with Crippen molar-refractivity contribution in [1.29, 1.82) is 10.5 Å². The molecule has 0 aliphatic heterocycles. The molecule has 13 heavy (non-hydrogen) atoms. The van der Waals surface area contributed by atoms with Crippen molar-refractivity contribution in [3.63, 3.8) is 0 Å². The summed E-state index contributed by atoms with van der Waals surface area (Å²) in [4.78, 5) is 8.36. The van der Waals surface area contributed by atoms with E-state index in [0.29, 0.717) is 11.1 Å². The van der Waals surface area contributed by atoms with Crippen LogP contribution in [0.3, 0.4) is 0 Å². The molecule has 0 amide bonds. The molecule has 0 bridgehead atoms. The number of nitriles is 2. The summed E-state index contributed by atoms with van der Waals surface area (Å²) < 4.78 is 0. The molecule has 0 aliphatic carbocycles. The van der Waals surface area contributed by atoms with Crippen LogP contribution in [0, 0.1) is 22.7 Å². The second-order valence-electron chi connectivity index (χ2n) is 1.91. The third-order valence-corrected chi connectivity index (χ3v) is 1.12. The normalized spacial score (nSPS) is 6.92. The molecule has 0 spiro atoms. The zero-order valence-corrected chi connectivity index (χ0v) is 6.64. The van der Waals surface area contributed by atoms with Gasteiger partial charge in [0.2, 0.25) is 0 Å². The van der Waals surface area contributed by atoms with Crippen LogP contribution in [0.1, 0.15) is 11.1 Å². The maximum absolute atomic E-state index is 8.40. The van der Waals surface area contributed by atoms with Crippen molar-refractivity contribution in [1.82, 2.24) is 0 Å². The van der Waals surface area contributed by atoms with Gasteiger partial charge in [-0.05, 0) is 18.2 Å². The zero-order valence-electron chi connectivity index (χ0n) is 6.64. The smallest absolute Gasteiger partial charge is 0.290 e. The fourth-order valence-corrected chi connectivity index (χ4v) is 0.658. The lowest BCUT2D eigenvalue weighted by molar-refractivity contribution is -0.122. The maximum Gasteiger partial charge on any atom is 0.290 e. The summed E-state index contributed by atoms with van der Waals surface area (Å²) in [5.41, 5.74) is 1.05. The summed E-state index contributed by atoms with van der Waals surface area (Å²) in [5.74, 6) is 0. The number of carbonyl (C=O) groups is 1. The van der Waals surface area contributed by atoms with E-state index in [1.54, 1.807) is 24.3 Å². The second kappa shape index (κ2) is 6.38. The van der Waals surface area contributed by atoms with Crippen molar-refractivity contribution in [2.75, 3.05) is 0 Å². The van der Waals surface area contributed by atoms with E-state index < -0.39 is 0 Å². The minimum atomic E-state index is -0.250. The Hall–Kier alpha value is -2.33. The van der Waals surface area contributed by atoms with E-state index in [1.165, 1.54) is 0 Å². The number of hydrogen-bond acceptors (Lipinski definition) is 3. The van der Waals surface area contributed by atoms with Gasteiger partial charge >= 0.3 is 0 Å². The van der Waals surface area contributed by atoms with Crippen LogP contribution in [0.5, 0.6) is 0 Å². The Bertz CT molecular complexity index is 331. The first-order chi connectivity index (χ1) is 6.28. The van der Waals surface area contributed by atoms with Crippen LogP contribution in [-0.2, 0) is 4.79 Å². The molecular weight excluding hydrogens is 168 g/mol. The van der Waals surface area contributed by atoms with Crippen LogP contribution < -0.4 is 0 Å². The standard InChI is InChI=1S/C8H4N2.CH2O2/c9-5-7-2-1-3-8(4-7)6-10;2-1-3/h1-4H;1H,(H,2,3). The van der Waals surface area contributed by atoms with Gasteiger partial charge in [0.25, 0.3) is 6.47 Å². The van der Waals surface area contributed by atoms with Crippen LogP contribution in [0.25, 0.3) is 0 Å². The molecule has 1 aromatic rings. The average molecular weight is 174 g/mol. The van der Waals surface area contributed by atoms with Crippen molar-refractivity contribution >= 4 is 6.47 Å². The van der Waals surface area contributed by atoms with E-state index in [-0.39, 0.29) is 6.47 Å². The summed E-state index contributed by atoms with van der Waals surface area (Å²) in [6.07, 6.45) is 0. The lowest BCUT2D eigenvalue weighted by Gasteiger charge is -1.86. The fraction of sp³-hybridized carbons (Fsp3) is 0. The SMILES string of the molecule is N#Cc1cccc(C#N)c1.O=CO. The summed E-state index contributed by atoms with van der Waals surface area (Å²) in [7, 11) is 0. The molecule has 0 atom stereocenters. The molecule has 0 heterocycles. The van der Waals surface area contributed by atoms with E-state index in [2.05, 4.69) is 0 Å². The molecule has 0 unspecified atom stereocenters. The van der Waals surface area contributed by atoms with Crippen molar-refractivity contribution in [3.05, 3.63) is 35.4 Å². The molecule has 0 fully saturated rings. The lowest BCUT2D eigenvalue weighted by Crippen LogP contribution is -1.75. The highest BCUT2D eigenvalue weighted by atomic mass is 16.3. The van der Waals surface area contributed by atoms with Crippen LogP contribution in [-0.4, -0.2) is 11.6 Å². The van der Waals surface area contributed by atoms with Crippen molar-refractivity contribution in [2.24, 2.45) is 0 Å². The van der Waals surface area contributed by atoms with E-state index in [1.807, 2.05) is 12.1 Å². The van der Waals surface area contributed by atoms with Gasteiger partial charge in [-0.15, -0.1) is 0 Å². The molecule has 1 rings (SSSR count). The Balaban J connectivity index is 0.000000424. The molecule has 0 saturated carbocycles. The number of hydrogen-bond donors (Lipinski definition) is 1. The van der Waals surface area contributed by atoms with Gasteiger partial charge in [-0.2, -0.15) is 10.5 Å². The summed E-state index contributed by atoms with van der Waals surface area (Å²) in [6.45, 7) is -0.250. The fourth-order valence-electron chi connectivity index (χ4n) is 0.658. The number of carboxylic acid groups (broad SMARTS) is 1. The van der Waals surface area contributed by atoms with Gasteiger partial charge in [0.05, 0.1) is 23.3 Å². The minimum absolute atomic E-state index is 0.250. The van der Waals surface area contributed by atoms with Crippen molar-refractivity contribution in [2.45, 2.75) is 0 Å². The highest BCUT2D eigenvalue weighted by Gasteiger charge is 1.90. The minimum Gasteiger partial charge on any atom is -0.483 e. The Kier molecular flexibility index (Phi) is 5.24. The highest BCUT2D eigenvalue weighted by Crippen LogP contribution is 2.01. The second-order valence-corrected chi connectivity index (χ2v) is 1.91. The molecular formula is C9H6N2O2. The zero-order chi connectivity index (χ0) is 10.1.